The molecule has 0 saturated carbocycles. The molecule has 0 atom stereocenters. The summed E-state index contributed by atoms with van der Waals surface area (Å²) >= 11 is 0. The van der Waals surface area contributed by atoms with Gasteiger partial charge in [-0.05, 0) is 23.8 Å². The van der Waals surface area contributed by atoms with Crippen LogP contribution in [-0.4, -0.2) is 27.2 Å². The molecule has 2 rings (SSSR count). The second kappa shape index (κ2) is 5.96. The van der Waals surface area contributed by atoms with Gasteiger partial charge in [-0.25, -0.2) is 0 Å². The monoisotopic (exact) mass is 287 g/mol. The van der Waals surface area contributed by atoms with E-state index in [1.807, 2.05) is 0 Å². The van der Waals surface area contributed by atoms with Crippen molar-refractivity contribution in [1.82, 2.24) is 0 Å². The molecule has 0 aliphatic heterocycles. The lowest BCUT2D eigenvalue weighted by atomic mass is 10.1. The molecule has 0 aliphatic rings. The van der Waals surface area contributed by atoms with Crippen LogP contribution in [0.15, 0.2) is 42.5 Å². The molecule has 0 unspecified atom stereocenters. The molecule has 0 radical (unpaired) electrons. The van der Waals surface area contributed by atoms with E-state index in [2.05, 4.69) is 5.32 Å². The third kappa shape index (κ3) is 3.73. The van der Waals surface area contributed by atoms with E-state index >= 15 is 0 Å². The summed E-state index contributed by atoms with van der Waals surface area (Å²) in [7, 11) is 0. The number of para-hydroxylation sites is 1. The number of aliphatic carboxylic acids is 1. The maximum Gasteiger partial charge on any atom is 0.307 e. The molecule has 6 nitrogen and oxygen atoms in total. The minimum Gasteiger partial charge on any atom is -0.508 e. The molecular weight excluding hydrogens is 274 g/mol. The van der Waals surface area contributed by atoms with E-state index in [1.54, 1.807) is 24.3 Å². The third-order valence-electron chi connectivity index (χ3n) is 2.77. The van der Waals surface area contributed by atoms with Gasteiger partial charge in [0.05, 0.1) is 6.42 Å². The van der Waals surface area contributed by atoms with Gasteiger partial charge in [-0.15, -0.1) is 0 Å². The molecule has 2 aromatic carbocycles. The Morgan fingerprint density at radius 2 is 1.62 bits per heavy atom. The number of hydrogen-bond acceptors (Lipinski definition) is 4. The lowest BCUT2D eigenvalue weighted by Crippen LogP contribution is -2.14. The highest BCUT2D eigenvalue weighted by atomic mass is 16.4. The number of amides is 1. The van der Waals surface area contributed by atoms with Gasteiger partial charge in [0.15, 0.2) is 0 Å². The molecule has 108 valence electrons. The highest BCUT2D eigenvalue weighted by Crippen LogP contribution is 2.22. The van der Waals surface area contributed by atoms with Crippen molar-refractivity contribution in [2.45, 2.75) is 6.42 Å². The first-order chi connectivity index (χ1) is 9.95. The second-order valence-corrected chi connectivity index (χ2v) is 4.42. The van der Waals surface area contributed by atoms with Crippen LogP contribution >= 0.6 is 0 Å². The molecule has 0 fully saturated rings. The van der Waals surface area contributed by atoms with Crippen molar-refractivity contribution < 1.29 is 24.9 Å². The first-order valence-corrected chi connectivity index (χ1v) is 6.10. The number of phenols is 2. The molecule has 0 saturated heterocycles. The van der Waals surface area contributed by atoms with Gasteiger partial charge in [0.1, 0.15) is 11.5 Å². The van der Waals surface area contributed by atoms with Crippen LogP contribution in [0.2, 0.25) is 0 Å². The van der Waals surface area contributed by atoms with Crippen LogP contribution in [0.1, 0.15) is 15.9 Å². The highest BCUT2D eigenvalue weighted by molar-refractivity contribution is 6.05. The maximum atomic E-state index is 12.1. The number of carbonyl (C=O) groups excluding carboxylic acids is 1. The predicted octanol–water partition coefficient (Wildman–Crippen LogP) is 1.98. The summed E-state index contributed by atoms with van der Waals surface area (Å²) in [4.78, 5) is 22.9. The fraction of sp³-hybridized carbons (Fsp3) is 0.0667. The fourth-order valence-corrected chi connectivity index (χ4v) is 1.88. The average Bonchev–Trinajstić information content (AvgIpc) is 2.39. The highest BCUT2D eigenvalue weighted by Gasteiger charge is 2.12. The van der Waals surface area contributed by atoms with Gasteiger partial charge in [-0.3, -0.25) is 9.59 Å². The topological polar surface area (TPSA) is 107 Å². The minimum absolute atomic E-state index is 0.0672. The molecule has 0 spiro atoms. The summed E-state index contributed by atoms with van der Waals surface area (Å²) in [5.41, 5.74) is 0.896. The van der Waals surface area contributed by atoms with Gasteiger partial charge in [-0.1, -0.05) is 18.2 Å². The first kappa shape index (κ1) is 14.4. The Bertz CT molecular complexity index is 676. The van der Waals surface area contributed by atoms with Gasteiger partial charge in [-0.2, -0.15) is 0 Å². The van der Waals surface area contributed by atoms with Crippen molar-refractivity contribution in [1.29, 1.82) is 0 Å². The maximum absolute atomic E-state index is 12.1. The number of carboxylic acids is 1. The zero-order valence-corrected chi connectivity index (χ0v) is 10.9. The van der Waals surface area contributed by atoms with Crippen LogP contribution in [0.4, 0.5) is 5.69 Å². The lowest BCUT2D eigenvalue weighted by molar-refractivity contribution is -0.136. The summed E-state index contributed by atoms with van der Waals surface area (Å²) in [6, 6.07) is 10.0. The third-order valence-corrected chi connectivity index (χ3v) is 2.77. The van der Waals surface area contributed by atoms with E-state index in [-0.39, 0.29) is 23.5 Å². The van der Waals surface area contributed by atoms with Crippen molar-refractivity contribution in [3.63, 3.8) is 0 Å². The second-order valence-electron chi connectivity index (χ2n) is 4.42. The standard InChI is InChI=1S/C15H13NO5/c17-11-5-10(6-12(18)8-11)15(21)16-13-4-2-1-3-9(13)7-14(19)20/h1-6,8,17-18H,7H2,(H,16,21)(H,19,20). The molecule has 6 heteroatoms. The zero-order chi connectivity index (χ0) is 15.4. The van der Waals surface area contributed by atoms with Crippen LogP contribution in [0.25, 0.3) is 0 Å². The molecule has 1 amide bonds. The quantitative estimate of drug-likeness (QED) is 0.688. The first-order valence-electron chi connectivity index (χ1n) is 6.10. The molecule has 0 heterocycles. The summed E-state index contributed by atoms with van der Waals surface area (Å²) in [6.07, 6.45) is -0.220. The molecule has 0 aliphatic carbocycles. The van der Waals surface area contributed by atoms with Crippen molar-refractivity contribution in [3.8, 4) is 11.5 Å². The smallest absolute Gasteiger partial charge is 0.307 e. The number of carboxylic acid groups (broad SMARTS) is 1. The molecule has 0 aromatic heterocycles. The number of carbonyl (C=O) groups is 2. The Morgan fingerprint density at radius 3 is 2.24 bits per heavy atom. The molecule has 0 bridgehead atoms. The van der Waals surface area contributed by atoms with E-state index in [1.165, 1.54) is 12.1 Å². The van der Waals surface area contributed by atoms with Gasteiger partial charge >= 0.3 is 5.97 Å². The van der Waals surface area contributed by atoms with E-state index < -0.39 is 11.9 Å². The Morgan fingerprint density at radius 1 is 1.00 bits per heavy atom. The van der Waals surface area contributed by atoms with Crippen LogP contribution in [0, 0.1) is 0 Å². The predicted molar refractivity (Wildman–Crippen MR) is 75.5 cm³/mol. The van der Waals surface area contributed by atoms with Gasteiger partial charge in [0.2, 0.25) is 0 Å². The summed E-state index contributed by atoms with van der Waals surface area (Å²) in [5.74, 6) is -2.04. The summed E-state index contributed by atoms with van der Waals surface area (Å²) in [6.45, 7) is 0. The largest absolute Gasteiger partial charge is 0.508 e. The number of benzene rings is 2. The Labute approximate surface area is 120 Å². The number of nitrogens with one attached hydrogen (secondary N) is 1. The lowest BCUT2D eigenvalue weighted by Gasteiger charge is -2.10. The molecule has 4 N–H and O–H groups in total. The Balaban J connectivity index is 2.25. The number of phenolic OH excluding ortho intramolecular Hbond substituents is 2. The van der Waals surface area contributed by atoms with Crippen LogP contribution < -0.4 is 5.32 Å². The number of rotatable bonds is 4. The minimum atomic E-state index is -1.01. The molecule has 21 heavy (non-hydrogen) atoms. The van der Waals surface area contributed by atoms with Crippen molar-refractivity contribution >= 4 is 17.6 Å². The zero-order valence-electron chi connectivity index (χ0n) is 10.9. The van der Waals surface area contributed by atoms with Gasteiger partial charge in [0, 0.05) is 17.3 Å². The van der Waals surface area contributed by atoms with Crippen molar-refractivity contribution in [2.75, 3.05) is 5.32 Å². The Kier molecular flexibility index (Phi) is 4.08. The van der Waals surface area contributed by atoms with E-state index in [0.29, 0.717) is 11.3 Å². The van der Waals surface area contributed by atoms with Crippen LogP contribution in [0.3, 0.4) is 0 Å². The molecule has 2 aromatic rings. The van der Waals surface area contributed by atoms with Crippen molar-refractivity contribution in [2.24, 2.45) is 0 Å². The van der Waals surface area contributed by atoms with E-state index in [9.17, 15) is 19.8 Å². The van der Waals surface area contributed by atoms with Gasteiger partial charge < -0.3 is 20.6 Å². The van der Waals surface area contributed by atoms with Gasteiger partial charge in [0.25, 0.3) is 5.91 Å². The van der Waals surface area contributed by atoms with E-state index in [4.69, 9.17) is 5.11 Å². The van der Waals surface area contributed by atoms with Crippen LogP contribution in [-0.2, 0) is 11.2 Å². The summed E-state index contributed by atoms with van der Waals surface area (Å²) < 4.78 is 0. The van der Waals surface area contributed by atoms with Crippen LogP contribution in [0.5, 0.6) is 11.5 Å². The number of aromatic hydroxyl groups is 2. The SMILES string of the molecule is O=C(O)Cc1ccccc1NC(=O)c1cc(O)cc(O)c1. The summed E-state index contributed by atoms with van der Waals surface area (Å²) in [5, 5.41) is 30.1. The number of anilines is 1. The fourth-order valence-electron chi connectivity index (χ4n) is 1.88. The van der Waals surface area contributed by atoms with Crippen molar-refractivity contribution in [3.05, 3.63) is 53.6 Å². The Hall–Kier alpha value is -3.02. The average molecular weight is 287 g/mol. The van der Waals surface area contributed by atoms with E-state index in [0.717, 1.165) is 6.07 Å². The number of hydrogen-bond donors (Lipinski definition) is 4. The normalized spacial score (nSPS) is 10.1. The molecular formula is C15H13NO5.